The van der Waals surface area contributed by atoms with Gasteiger partial charge < -0.3 is 9.30 Å². The van der Waals surface area contributed by atoms with Gasteiger partial charge in [-0.15, -0.1) is 5.10 Å². The SMILES string of the molecule is CCCc1nc2c(n1Cc1ccc(-c3ccccc3-c3nnn[nH]3)cc1)C(C(=O)OCC)N(Cc1ccccc1)CC2. The molecule has 6 rings (SSSR count). The number of aromatic nitrogens is 6. The lowest BCUT2D eigenvalue weighted by Gasteiger charge is -2.34. The molecule has 0 bridgehead atoms. The maximum absolute atomic E-state index is 13.5. The number of H-pyrrole nitrogens is 1. The topological polar surface area (TPSA) is 102 Å². The van der Waals surface area contributed by atoms with Crippen LogP contribution in [-0.2, 0) is 35.5 Å². The van der Waals surface area contributed by atoms with E-state index in [1.165, 1.54) is 5.56 Å². The number of aromatic amines is 1. The number of hydrogen-bond acceptors (Lipinski definition) is 7. The summed E-state index contributed by atoms with van der Waals surface area (Å²) in [5, 5.41) is 14.5. The van der Waals surface area contributed by atoms with Crippen molar-refractivity contribution in [2.24, 2.45) is 0 Å². The summed E-state index contributed by atoms with van der Waals surface area (Å²) in [6, 6.07) is 26.4. The lowest BCUT2D eigenvalue weighted by atomic mass is 9.98. The summed E-state index contributed by atoms with van der Waals surface area (Å²) < 4.78 is 7.91. The highest BCUT2D eigenvalue weighted by atomic mass is 16.5. The van der Waals surface area contributed by atoms with Crippen LogP contribution in [0.1, 0.15) is 54.6 Å². The van der Waals surface area contributed by atoms with E-state index in [1.807, 2.05) is 43.3 Å². The zero-order valence-electron chi connectivity index (χ0n) is 24.0. The standard InChI is InChI=1S/C33H35N7O2/c1-3-10-29-34-28-19-20-39(21-23-11-6-5-7-12-23)31(33(41)42-4-2)30(28)40(29)22-24-15-17-25(18-16-24)26-13-8-9-14-27(26)32-35-37-38-36-32/h5-9,11-18,31H,3-4,10,19-22H2,1-2H3,(H,35,36,37,38). The molecule has 1 N–H and O–H groups in total. The van der Waals surface area contributed by atoms with Gasteiger partial charge in [-0.25, -0.2) is 14.9 Å². The molecule has 3 aromatic carbocycles. The Morgan fingerprint density at radius 1 is 0.929 bits per heavy atom. The zero-order chi connectivity index (χ0) is 28.9. The summed E-state index contributed by atoms with van der Waals surface area (Å²) in [6.07, 6.45) is 2.62. The number of nitrogens with one attached hydrogen (secondary N) is 1. The van der Waals surface area contributed by atoms with Gasteiger partial charge in [-0.2, -0.15) is 0 Å². The Morgan fingerprint density at radius 3 is 2.38 bits per heavy atom. The van der Waals surface area contributed by atoms with E-state index >= 15 is 0 Å². The third kappa shape index (κ3) is 5.60. The molecule has 1 atom stereocenters. The van der Waals surface area contributed by atoms with Crippen molar-refractivity contribution >= 4 is 5.97 Å². The average Bonchev–Trinajstić information content (AvgIpc) is 3.67. The first-order valence-corrected chi connectivity index (χ1v) is 14.6. The second kappa shape index (κ2) is 12.5. The maximum atomic E-state index is 13.5. The molecule has 3 heterocycles. The number of benzene rings is 3. The number of nitrogens with zero attached hydrogens (tertiary/aromatic N) is 6. The number of carbonyl (C=O) groups is 1. The van der Waals surface area contributed by atoms with Gasteiger partial charge >= 0.3 is 5.97 Å². The van der Waals surface area contributed by atoms with Gasteiger partial charge in [0.2, 0.25) is 0 Å². The van der Waals surface area contributed by atoms with Crippen molar-refractivity contribution in [3.05, 3.63) is 107 Å². The van der Waals surface area contributed by atoms with Gasteiger partial charge in [-0.3, -0.25) is 4.90 Å². The number of hydrogen-bond donors (Lipinski definition) is 1. The fourth-order valence-corrected chi connectivity index (χ4v) is 5.86. The van der Waals surface area contributed by atoms with Gasteiger partial charge in [0.05, 0.1) is 18.0 Å². The highest BCUT2D eigenvalue weighted by molar-refractivity contribution is 5.80. The first-order chi connectivity index (χ1) is 20.7. The number of tetrazole rings is 1. The summed E-state index contributed by atoms with van der Waals surface area (Å²) >= 11 is 0. The smallest absolute Gasteiger partial charge is 0.329 e. The molecule has 0 radical (unpaired) electrons. The number of esters is 1. The minimum absolute atomic E-state index is 0.215. The van der Waals surface area contributed by atoms with Crippen molar-refractivity contribution in [3.63, 3.8) is 0 Å². The Hall–Kier alpha value is -4.63. The van der Waals surface area contributed by atoms with Crippen LogP contribution in [0.2, 0.25) is 0 Å². The number of carbonyl (C=O) groups excluding carboxylic acids is 1. The van der Waals surface area contributed by atoms with Crippen molar-refractivity contribution in [2.45, 2.75) is 52.2 Å². The van der Waals surface area contributed by atoms with Gasteiger partial charge in [0.15, 0.2) is 11.9 Å². The lowest BCUT2D eigenvalue weighted by molar-refractivity contribution is -0.151. The minimum atomic E-state index is -0.506. The molecule has 9 heteroatoms. The first-order valence-electron chi connectivity index (χ1n) is 14.6. The fourth-order valence-electron chi connectivity index (χ4n) is 5.86. The third-order valence-electron chi connectivity index (χ3n) is 7.77. The van der Waals surface area contributed by atoms with Crippen LogP contribution in [0.3, 0.4) is 0 Å². The van der Waals surface area contributed by atoms with E-state index < -0.39 is 6.04 Å². The Bertz CT molecular complexity index is 1630. The number of fused-ring (bicyclic) bond motifs is 1. The van der Waals surface area contributed by atoms with E-state index in [1.54, 1.807) is 0 Å². The van der Waals surface area contributed by atoms with Crippen molar-refractivity contribution in [1.29, 1.82) is 0 Å². The van der Waals surface area contributed by atoms with Gasteiger partial charge in [0.1, 0.15) is 5.82 Å². The molecule has 0 fully saturated rings. The van der Waals surface area contributed by atoms with Crippen LogP contribution < -0.4 is 0 Å². The molecule has 0 spiro atoms. The van der Waals surface area contributed by atoms with E-state index in [2.05, 4.69) is 79.5 Å². The fraction of sp³-hybridized carbons (Fsp3) is 0.303. The monoisotopic (exact) mass is 561 g/mol. The van der Waals surface area contributed by atoms with E-state index in [0.717, 1.165) is 65.3 Å². The average molecular weight is 562 g/mol. The number of ether oxygens (including phenoxy) is 1. The molecular formula is C33H35N7O2. The molecule has 1 unspecified atom stereocenters. The molecule has 1 aliphatic heterocycles. The summed E-state index contributed by atoms with van der Waals surface area (Å²) in [4.78, 5) is 20.9. The van der Waals surface area contributed by atoms with E-state index in [-0.39, 0.29) is 5.97 Å². The highest BCUT2D eigenvalue weighted by Gasteiger charge is 2.38. The van der Waals surface area contributed by atoms with Crippen LogP contribution in [0.15, 0.2) is 78.9 Å². The largest absolute Gasteiger partial charge is 0.465 e. The Kier molecular flexibility index (Phi) is 8.18. The van der Waals surface area contributed by atoms with Crippen LogP contribution in [0.4, 0.5) is 0 Å². The second-order valence-electron chi connectivity index (χ2n) is 10.5. The predicted octanol–water partition coefficient (Wildman–Crippen LogP) is 5.39. The van der Waals surface area contributed by atoms with E-state index in [4.69, 9.17) is 9.72 Å². The van der Waals surface area contributed by atoms with Crippen molar-refractivity contribution < 1.29 is 9.53 Å². The molecule has 1 aliphatic rings. The number of rotatable bonds is 10. The van der Waals surface area contributed by atoms with Crippen LogP contribution in [0.25, 0.3) is 22.5 Å². The predicted molar refractivity (Wildman–Crippen MR) is 160 cm³/mol. The Morgan fingerprint density at radius 2 is 1.67 bits per heavy atom. The molecule has 42 heavy (non-hydrogen) atoms. The molecule has 2 aromatic heterocycles. The molecular weight excluding hydrogens is 526 g/mol. The third-order valence-corrected chi connectivity index (χ3v) is 7.77. The summed E-state index contributed by atoms with van der Waals surface area (Å²) in [5.41, 5.74) is 7.35. The summed E-state index contributed by atoms with van der Waals surface area (Å²) in [6.45, 7) is 6.42. The molecule has 214 valence electrons. The van der Waals surface area contributed by atoms with Crippen molar-refractivity contribution in [2.75, 3.05) is 13.2 Å². The normalized spacial score (nSPS) is 15.0. The Balaban J connectivity index is 1.34. The quantitative estimate of drug-likeness (QED) is 0.228. The second-order valence-corrected chi connectivity index (χ2v) is 10.5. The molecule has 5 aromatic rings. The van der Waals surface area contributed by atoms with Crippen LogP contribution >= 0.6 is 0 Å². The Labute approximate surface area is 245 Å². The van der Waals surface area contributed by atoms with Gasteiger partial charge in [-0.05, 0) is 46.0 Å². The zero-order valence-corrected chi connectivity index (χ0v) is 24.0. The van der Waals surface area contributed by atoms with Crippen LogP contribution in [-0.4, -0.2) is 54.2 Å². The van der Waals surface area contributed by atoms with Crippen molar-refractivity contribution in [1.82, 2.24) is 35.1 Å². The first kappa shape index (κ1) is 27.5. The molecule has 0 amide bonds. The van der Waals surface area contributed by atoms with E-state index in [9.17, 15) is 4.79 Å². The van der Waals surface area contributed by atoms with Crippen LogP contribution in [0.5, 0.6) is 0 Å². The summed E-state index contributed by atoms with van der Waals surface area (Å²) in [7, 11) is 0. The molecule has 0 aliphatic carbocycles. The number of aryl methyl sites for hydroxylation is 1. The van der Waals surface area contributed by atoms with Crippen LogP contribution in [0, 0.1) is 0 Å². The summed E-state index contributed by atoms with van der Waals surface area (Å²) in [5.74, 6) is 1.44. The maximum Gasteiger partial charge on any atom is 0.329 e. The lowest BCUT2D eigenvalue weighted by Crippen LogP contribution is -2.41. The van der Waals surface area contributed by atoms with Gasteiger partial charge in [0.25, 0.3) is 0 Å². The molecule has 0 saturated carbocycles. The molecule has 9 nitrogen and oxygen atoms in total. The molecule has 0 saturated heterocycles. The number of imidazole rings is 1. The van der Waals surface area contributed by atoms with Gasteiger partial charge in [0, 0.05) is 38.0 Å². The minimum Gasteiger partial charge on any atom is -0.465 e. The van der Waals surface area contributed by atoms with E-state index in [0.29, 0.717) is 25.5 Å². The highest BCUT2D eigenvalue weighted by Crippen LogP contribution is 2.35. The van der Waals surface area contributed by atoms with Crippen molar-refractivity contribution in [3.8, 4) is 22.5 Å². The van der Waals surface area contributed by atoms with Gasteiger partial charge in [-0.1, -0.05) is 85.8 Å².